The van der Waals surface area contributed by atoms with Gasteiger partial charge >= 0.3 is 0 Å². The van der Waals surface area contributed by atoms with Crippen LogP contribution in [0.1, 0.15) is 55.9 Å². The van der Waals surface area contributed by atoms with Crippen LogP contribution in [0.3, 0.4) is 0 Å². The average molecular weight is 259 g/mol. The highest BCUT2D eigenvalue weighted by atomic mass is 16.5. The van der Waals surface area contributed by atoms with E-state index in [4.69, 9.17) is 4.52 Å². The van der Waals surface area contributed by atoms with Crippen LogP contribution >= 0.6 is 0 Å². The third kappa shape index (κ3) is 3.01. The molecule has 4 nitrogen and oxygen atoms in total. The third-order valence-corrected chi connectivity index (χ3v) is 3.33. The summed E-state index contributed by atoms with van der Waals surface area (Å²) in [6.45, 7) is 6.23. The molecular formula is C15H21N3O. The first kappa shape index (κ1) is 13.7. The molecule has 1 aromatic heterocycles. The minimum Gasteiger partial charge on any atom is -0.339 e. The molecule has 0 aliphatic carbocycles. The minimum absolute atomic E-state index is 0.132. The van der Waals surface area contributed by atoms with Crippen molar-refractivity contribution >= 4 is 0 Å². The van der Waals surface area contributed by atoms with Crippen molar-refractivity contribution in [1.29, 1.82) is 0 Å². The second-order valence-corrected chi connectivity index (χ2v) is 5.11. The predicted molar refractivity (Wildman–Crippen MR) is 75.0 cm³/mol. The average Bonchev–Trinajstić information content (AvgIpc) is 2.90. The van der Waals surface area contributed by atoms with Gasteiger partial charge in [0.25, 0.3) is 0 Å². The zero-order valence-corrected chi connectivity index (χ0v) is 11.9. The molecular weight excluding hydrogens is 238 g/mol. The van der Waals surface area contributed by atoms with Crippen molar-refractivity contribution in [3.8, 4) is 0 Å². The molecule has 1 N–H and O–H groups in total. The largest absolute Gasteiger partial charge is 0.339 e. The highest BCUT2D eigenvalue weighted by molar-refractivity contribution is 5.21. The summed E-state index contributed by atoms with van der Waals surface area (Å²) in [5.74, 6) is 1.87. The van der Waals surface area contributed by atoms with Crippen LogP contribution in [0.2, 0.25) is 0 Å². The lowest BCUT2D eigenvalue weighted by molar-refractivity contribution is 0.328. The van der Waals surface area contributed by atoms with Crippen molar-refractivity contribution in [3.63, 3.8) is 0 Å². The lowest BCUT2D eigenvalue weighted by atomic mass is 9.94. The molecule has 2 unspecified atom stereocenters. The van der Waals surface area contributed by atoms with Gasteiger partial charge in [-0.3, -0.25) is 0 Å². The topological polar surface area (TPSA) is 51.0 Å². The van der Waals surface area contributed by atoms with Gasteiger partial charge < -0.3 is 9.84 Å². The van der Waals surface area contributed by atoms with Crippen molar-refractivity contribution in [2.24, 2.45) is 0 Å². The summed E-state index contributed by atoms with van der Waals surface area (Å²) in [5.41, 5.74) is 1.22. The standard InChI is InChI=1S/C15H21N3O/c1-10(2)14-17-15(19-18-14)11(3)13(16-4)12-8-6-5-7-9-12/h5-11,13,16H,1-4H3. The third-order valence-electron chi connectivity index (χ3n) is 3.33. The Kier molecular flexibility index (Phi) is 4.32. The van der Waals surface area contributed by atoms with E-state index in [9.17, 15) is 0 Å². The van der Waals surface area contributed by atoms with E-state index in [1.165, 1.54) is 5.56 Å². The molecule has 19 heavy (non-hydrogen) atoms. The second kappa shape index (κ2) is 5.97. The molecule has 0 spiro atoms. The smallest absolute Gasteiger partial charge is 0.231 e. The summed E-state index contributed by atoms with van der Waals surface area (Å²) < 4.78 is 5.39. The molecule has 0 radical (unpaired) electrons. The Bertz CT molecular complexity index is 507. The Morgan fingerprint density at radius 2 is 1.79 bits per heavy atom. The van der Waals surface area contributed by atoms with Crippen LogP contribution in [0.5, 0.6) is 0 Å². The zero-order chi connectivity index (χ0) is 13.8. The Balaban J connectivity index is 2.23. The molecule has 2 aromatic rings. The van der Waals surface area contributed by atoms with Crippen molar-refractivity contribution in [1.82, 2.24) is 15.5 Å². The van der Waals surface area contributed by atoms with Crippen LogP contribution in [0.4, 0.5) is 0 Å². The fourth-order valence-corrected chi connectivity index (χ4v) is 2.18. The summed E-state index contributed by atoms with van der Waals surface area (Å²) in [7, 11) is 1.95. The minimum atomic E-state index is 0.132. The van der Waals surface area contributed by atoms with E-state index in [0.29, 0.717) is 5.89 Å². The molecule has 1 aromatic carbocycles. The van der Waals surface area contributed by atoms with Crippen LogP contribution in [0.15, 0.2) is 34.9 Å². The summed E-state index contributed by atoms with van der Waals surface area (Å²) in [6, 6.07) is 10.5. The number of aromatic nitrogens is 2. The summed E-state index contributed by atoms with van der Waals surface area (Å²) >= 11 is 0. The van der Waals surface area contributed by atoms with Gasteiger partial charge in [-0.05, 0) is 12.6 Å². The molecule has 0 fully saturated rings. The van der Waals surface area contributed by atoms with Crippen molar-refractivity contribution in [2.75, 3.05) is 7.05 Å². The maximum atomic E-state index is 5.39. The quantitative estimate of drug-likeness (QED) is 0.895. The summed E-state index contributed by atoms with van der Waals surface area (Å²) in [6.07, 6.45) is 0. The van der Waals surface area contributed by atoms with Gasteiger partial charge in [-0.15, -0.1) is 0 Å². The number of benzene rings is 1. The highest BCUT2D eigenvalue weighted by Gasteiger charge is 2.24. The Labute approximate surface area is 114 Å². The molecule has 0 saturated heterocycles. The Hall–Kier alpha value is -1.68. The van der Waals surface area contributed by atoms with Crippen LogP contribution in [-0.4, -0.2) is 17.2 Å². The van der Waals surface area contributed by atoms with Crippen molar-refractivity contribution < 1.29 is 4.52 Å². The summed E-state index contributed by atoms with van der Waals surface area (Å²) in [4.78, 5) is 4.49. The molecule has 0 bridgehead atoms. The van der Waals surface area contributed by atoms with Gasteiger partial charge in [-0.2, -0.15) is 4.98 Å². The first-order chi connectivity index (χ1) is 9.13. The lowest BCUT2D eigenvalue weighted by Crippen LogP contribution is -2.22. The first-order valence-electron chi connectivity index (χ1n) is 6.69. The number of rotatable bonds is 5. The second-order valence-electron chi connectivity index (χ2n) is 5.11. The first-order valence-corrected chi connectivity index (χ1v) is 6.69. The van der Waals surface area contributed by atoms with Crippen LogP contribution in [0, 0.1) is 0 Å². The number of hydrogen-bond acceptors (Lipinski definition) is 4. The molecule has 0 aliphatic heterocycles. The molecule has 4 heteroatoms. The van der Waals surface area contributed by atoms with E-state index in [-0.39, 0.29) is 17.9 Å². The SMILES string of the molecule is CNC(c1ccccc1)C(C)c1nc(C(C)C)no1. The number of nitrogens with one attached hydrogen (secondary N) is 1. The molecule has 0 aliphatic rings. The fraction of sp³-hybridized carbons (Fsp3) is 0.467. The van der Waals surface area contributed by atoms with E-state index >= 15 is 0 Å². The Morgan fingerprint density at radius 3 is 2.32 bits per heavy atom. The van der Waals surface area contributed by atoms with Gasteiger partial charge in [-0.25, -0.2) is 0 Å². The number of likely N-dealkylation sites (N-methyl/N-ethyl adjacent to an activating group) is 1. The van der Waals surface area contributed by atoms with E-state index in [1.54, 1.807) is 0 Å². The maximum Gasteiger partial charge on any atom is 0.231 e. The molecule has 0 saturated carbocycles. The van der Waals surface area contributed by atoms with Gasteiger partial charge in [0.2, 0.25) is 5.89 Å². The van der Waals surface area contributed by atoms with Crippen molar-refractivity contribution in [2.45, 2.75) is 38.6 Å². The van der Waals surface area contributed by atoms with Crippen LogP contribution < -0.4 is 5.32 Å². The maximum absolute atomic E-state index is 5.39. The molecule has 1 heterocycles. The molecule has 2 rings (SSSR count). The lowest BCUT2D eigenvalue weighted by Gasteiger charge is -2.21. The highest BCUT2D eigenvalue weighted by Crippen LogP contribution is 2.29. The Morgan fingerprint density at radius 1 is 1.11 bits per heavy atom. The fourth-order valence-electron chi connectivity index (χ4n) is 2.18. The van der Waals surface area contributed by atoms with Gasteiger partial charge in [0.05, 0.1) is 5.92 Å². The van der Waals surface area contributed by atoms with Gasteiger partial charge in [-0.1, -0.05) is 56.3 Å². The number of nitrogens with zero attached hydrogens (tertiary/aromatic N) is 2. The summed E-state index contributed by atoms with van der Waals surface area (Å²) in [5, 5.41) is 7.36. The van der Waals surface area contributed by atoms with Gasteiger partial charge in [0.1, 0.15) is 0 Å². The van der Waals surface area contributed by atoms with E-state index < -0.39 is 0 Å². The molecule has 102 valence electrons. The van der Waals surface area contributed by atoms with E-state index in [2.05, 4.69) is 48.4 Å². The monoisotopic (exact) mass is 259 g/mol. The van der Waals surface area contributed by atoms with Gasteiger partial charge in [0, 0.05) is 12.0 Å². The molecule has 2 atom stereocenters. The van der Waals surface area contributed by atoms with Crippen molar-refractivity contribution in [3.05, 3.63) is 47.6 Å². The van der Waals surface area contributed by atoms with E-state index in [0.717, 1.165) is 5.82 Å². The number of hydrogen-bond donors (Lipinski definition) is 1. The predicted octanol–water partition coefficient (Wildman–Crippen LogP) is 3.26. The van der Waals surface area contributed by atoms with Crippen LogP contribution in [-0.2, 0) is 0 Å². The van der Waals surface area contributed by atoms with Gasteiger partial charge in [0.15, 0.2) is 5.82 Å². The normalized spacial score (nSPS) is 14.6. The van der Waals surface area contributed by atoms with Crippen LogP contribution in [0.25, 0.3) is 0 Å². The molecule has 0 amide bonds. The van der Waals surface area contributed by atoms with E-state index in [1.807, 2.05) is 25.2 Å². The zero-order valence-electron chi connectivity index (χ0n) is 11.9.